The highest BCUT2D eigenvalue weighted by molar-refractivity contribution is 6.18. The van der Waals surface area contributed by atoms with Crippen molar-refractivity contribution in [2.45, 2.75) is 0 Å². The number of allylic oxidation sites excluding steroid dienone is 1. The van der Waals surface area contributed by atoms with E-state index in [1.54, 1.807) is 6.08 Å². The fraction of sp³-hybridized carbons (Fsp3) is 0.333. The van der Waals surface area contributed by atoms with E-state index in [1.807, 2.05) is 12.2 Å². The van der Waals surface area contributed by atoms with Crippen molar-refractivity contribution in [1.29, 1.82) is 0 Å². The molecule has 0 spiro atoms. The largest absolute Gasteiger partial charge is 0.310 e. The van der Waals surface area contributed by atoms with Crippen molar-refractivity contribution in [3.8, 4) is 0 Å². The standard InChI is InChI=1S/C6H11N.C3H5Cl/c1-3-5-7-6-4-2;1-2-3-4/h3-4,7H,1-2,5-6H2;2H,1,3H2. The van der Waals surface area contributed by atoms with Gasteiger partial charge in [-0.05, 0) is 0 Å². The lowest BCUT2D eigenvalue weighted by Gasteiger charge is -1.90. The Morgan fingerprint density at radius 1 is 1.00 bits per heavy atom. The van der Waals surface area contributed by atoms with E-state index in [0.717, 1.165) is 13.1 Å². The van der Waals surface area contributed by atoms with Gasteiger partial charge in [0, 0.05) is 19.0 Å². The first-order chi connectivity index (χ1) is 5.33. The van der Waals surface area contributed by atoms with Crippen LogP contribution < -0.4 is 5.32 Å². The first-order valence-corrected chi connectivity index (χ1v) is 3.96. The molecule has 0 bridgehead atoms. The van der Waals surface area contributed by atoms with E-state index in [2.05, 4.69) is 25.1 Å². The molecule has 0 heterocycles. The number of nitrogens with one attached hydrogen (secondary N) is 1. The maximum atomic E-state index is 5.07. The van der Waals surface area contributed by atoms with E-state index in [1.165, 1.54) is 0 Å². The van der Waals surface area contributed by atoms with Gasteiger partial charge in [-0.25, -0.2) is 0 Å². The highest BCUT2D eigenvalue weighted by Crippen LogP contribution is 1.67. The van der Waals surface area contributed by atoms with Gasteiger partial charge in [0.05, 0.1) is 0 Å². The highest BCUT2D eigenvalue weighted by Gasteiger charge is 1.69. The van der Waals surface area contributed by atoms with Gasteiger partial charge in [0.15, 0.2) is 0 Å². The van der Waals surface area contributed by atoms with E-state index >= 15 is 0 Å². The van der Waals surface area contributed by atoms with Crippen LogP contribution >= 0.6 is 11.6 Å². The van der Waals surface area contributed by atoms with Crippen molar-refractivity contribution in [2.75, 3.05) is 19.0 Å². The second-order valence-corrected chi connectivity index (χ2v) is 1.99. The maximum Gasteiger partial charge on any atom is 0.0401 e. The molecule has 0 aliphatic rings. The molecular formula is C9H16ClN. The molecule has 0 radical (unpaired) electrons. The van der Waals surface area contributed by atoms with Gasteiger partial charge in [-0.3, -0.25) is 0 Å². The monoisotopic (exact) mass is 173 g/mol. The van der Waals surface area contributed by atoms with Crippen LogP contribution in [0, 0.1) is 0 Å². The summed E-state index contributed by atoms with van der Waals surface area (Å²) < 4.78 is 0. The fourth-order valence-corrected chi connectivity index (χ4v) is 0.287. The van der Waals surface area contributed by atoms with Crippen LogP contribution in [0.2, 0.25) is 0 Å². The Kier molecular flexibility index (Phi) is 19.3. The Morgan fingerprint density at radius 2 is 1.36 bits per heavy atom. The minimum Gasteiger partial charge on any atom is -0.310 e. The third-order valence-electron chi connectivity index (χ3n) is 0.686. The molecular weight excluding hydrogens is 158 g/mol. The van der Waals surface area contributed by atoms with Gasteiger partial charge in [0.1, 0.15) is 0 Å². The molecule has 0 aromatic rings. The van der Waals surface area contributed by atoms with E-state index in [9.17, 15) is 0 Å². The van der Waals surface area contributed by atoms with Crippen molar-refractivity contribution in [1.82, 2.24) is 5.32 Å². The Balaban J connectivity index is 0. The predicted molar refractivity (Wildman–Crippen MR) is 54.2 cm³/mol. The van der Waals surface area contributed by atoms with Crippen molar-refractivity contribution in [3.63, 3.8) is 0 Å². The summed E-state index contributed by atoms with van der Waals surface area (Å²) in [6.07, 6.45) is 5.29. The van der Waals surface area contributed by atoms with Crippen LogP contribution in [-0.4, -0.2) is 19.0 Å². The first-order valence-electron chi connectivity index (χ1n) is 3.42. The second-order valence-electron chi connectivity index (χ2n) is 1.68. The molecule has 0 atom stereocenters. The molecule has 1 N–H and O–H groups in total. The minimum atomic E-state index is 0.556. The Morgan fingerprint density at radius 3 is 1.55 bits per heavy atom. The lowest BCUT2D eigenvalue weighted by Crippen LogP contribution is -2.11. The predicted octanol–water partition coefficient (Wildman–Crippen LogP) is 2.36. The third kappa shape index (κ3) is 26.4. The van der Waals surface area contributed by atoms with Gasteiger partial charge in [-0.1, -0.05) is 18.2 Å². The third-order valence-corrected chi connectivity index (χ3v) is 0.905. The first kappa shape index (κ1) is 13.1. The average molecular weight is 174 g/mol. The van der Waals surface area contributed by atoms with Crippen LogP contribution in [0.15, 0.2) is 38.0 Å². The zero-order chi connectivity index (χ0) is 8.95. The van der Waals surface area contributed by atoms with Gasteiger partial charge < -0.3 is 5.32 Å². The normalized spacial score (nSPS) is 7.36. The van der Waals surface area contributed by atoms with Crippen LogP contribution in [0.3, 0.4) is 0 Å². The van der Waals surface area contributed by atoms with Gasteiger partial charge in [-0.15, -0.1) is 31.3 Å². The Bertz CT molecular complexity index is 91.7. The quantitative estimate of drug-likeness (QED) is 0.383. The van der Waals surface area contributed by atoms with Crippen molar-refractivity contribution < 1.29 is 0 Å². The molecule has 2 heteroatoms. The molecule has 1 nitrogen and oxygen atoms in total. The molecule has 0 saturated heterocycles. The number of hydrogen-bond acceptors (Lipinski definition) is 1. The van der Waals surface area contributed by atoms with E-state index in [-0.39, 0.29) is 0 Å². The van der Waals surface area contributed by atoms with Gasteiger partial charge in [-0.2, -0.15) is 0 Å². The maximum absolute atomic E-state index is 5.07. The molecule has 0 fully saturated rings. The molecule has 0 unspecified atom stereocenters. The summed E-state index contributed by atoms with van der Waals surface area (Å²) >= 11 is 5.07. The minimum absolute atomic E-state index is 0.556. The smallest absolute Gasteiger partial charge is 0.0401 e. The Hall–Kier alpha value is -0.530. The van der Waals surface area contributed by atoms with Crippen LogP contribution in [0.25, 0.3) is 0 Å². The summed E-state index contributed by atoms with van der Waals surface area (Å²) in [7, 11) is 0. The SMILES string of the molecule is C=CCCl.C=CCNCC=C. The van der Waals surface area contributed by atoms with Crippen molar-refractivity contribution >= 4 is 11.6 Å². The molecule has 0 amide bonds. The van der Waals surface area contributed by atoms with Gasteiger partial charge >= 0.3 is 0 Å². The topological polar surface area (TPSA) is 12.0 Å². The lowest BCUT2D eigenvalue weighted by atomic mass is 10.5. The molecule has 64 valence electrons. The summed E-state index contributed by atoms with van der Waals surface area (Å²) in [5.41, 5.74) is 0. The molecule has 0 rings (SSSR count). The Labute approximate surface area is 74.4 Å². The number of halogens is 1. The molecule has 0 aliphatic carbocycles. The highest BCUT2D eigenvalue weighted by atomic mass is 35.5. The summed E-state index contributed by atoms with van der Waals surface area (Å²) in [4.78, 5) is 0. The second kappa shape index (κ2) is 16.2. The van der Waals surface area contributed by atoms with Gasteiger partial charge in [0.25, 0.3) is 0 Å². The molecule has 0 aromatic carbocycles. The van der Waals surface area contributed by atoms with Gasteiger partial charge in [0.2, 0.25) is 0 Å². The van der Waals surface area contributed by atoms with Crippen molar-refractivity contribution in [3.05, 3.63) is 38.0 Å². The van der Waals surface area contributed by atoms with E-state index in [4.69, 9.17) is 11.6 Å². The summed E-state index contributed by atoms with van der Waals surface area (Å²) in [5.74, 6) is 0.556. The van der Waals surface area contributed by atoms with E-state index in [0.29, 0.717) is 5.88 Å². The summed E-state index contributed by atoms with van der Waals surface area (Å²) in [5, 5.41) is 3.05. The van der Waals surface area contributed by atoms with Crippen LogP contribution in [-0.2, 0) is 0 Å². The zero-order valence-electron chi connectivity index (χ0n) is 6.85. The van der Waals surface area contributed by atoms with Crippen LogP contribution in [0.5, 0.6) is 0 Å². The van der Waals surface area contributed by atoms with E-state index < -0.39 is 0 Å². The average Bonchev–Trinajstić information content (AvgIpc) is 2.06. The van der Waals surface area contributed by atoms with Crippen LogP contribution in [0.1, 0.15) is 0 Å². The van der Waals surface area contributed by atoms with Crippen molar-refractivity contribution in [2.24, 2.45) is 0 Å². The molecule has 0 aliphatic heterocycles. The molecule has 11 heavy (non-hydrogen) atoms. The summed E-state index contributed by atoms with van der Waals surface area (Å²) in [6, 6.07) is 0. The molecule has 0 aromatic heterocycles. The summed E-state index contributed by atoms with van der Waals surface area (Å²) in [6.45, 7) is 12.2. The van der Waals surface area contributed by atoms with Crippen LogP contribution in [0.4, 0.5) is 0 Å². The lowest BCUT2D eigenvalue weighted by molar-refractivity contribution is 0.845. The zero-order valence-corrected chi connectivity index (χ0v) is 7.61. The fourth-order valence-electron chi connectivity index (χ4n) is 0.287. The number of rotatable bonds is 5. The number of hydrogen-bond donors (Lipinski definition) is 1. The molecule has 0 saturated carbocycles. The number of alkyl halides is 1.